The number of rotatable bonds is 5. The highest BCUT2D eigenvalue weighted by atomic mass is 127. The molecule has 122 valence electrons. The minimum absolute atomic E-state index is 0. The van der Waals surface area contributed by atoms with Gasteiger partial charge in [0.25, 0.3) is 0 Å². The van der Waals surface area contributed by atoms with E-state index in [0.717, 1.165) is 57.9 Å². The normalized spacial score (nSPS) is 21.9. The monoisotopic (exact) mass is 425 g/mol. The highest BCUT2D eigenvalue weighted by Crippen LogP contribution is 2.33. The summed E-state index contributed by atoms with van der Waals surface area (Å²) in [6.07, 6.45) is 11.1. The molecule has 2 rings (SSSR count). The first-order valence-electron chi connectivity index (χ1n) is 7.61. The number of hydrogen-bond acceptors (Lipinski definition) is 3. The SMILES string of the molecule is CCNC(=NCC1(SC)CCOCC1)NC1CC=CC1.I. The Bertz CT molecular complexity index is 349. The third kappa shape index (κ3) is 5.98. The predicted molar refractivity (Wildman–Crippen MR) is 103 cm³/mol. The topological polar surface area (TPSA) is 45.7 Å². The number of thioether (sulfide) groups is 1. The second-order valence-electron chi connectivity index (χ2n) is 5.48. The van der Waals surface area contributed by atoms with E-state index in [9.17, 15) is 0 Å². The zero-order valence-corrected chi connectivity index (χ0v) is 16.2. The molecule has 2 N–H and O–H groups in total. The fourth-order valence-corrected chi connectivity index (χ4v) is 3.41. The van der Waals surface area contributed by atoms with E-state index < -0.39 is 0 Å². The molecule has 2 aliphatic rings. The van der Waals surface area contributed by atoms with Crippen molar-refractivity contribution in [3.8, 4) is 0 Å². The molecule has 21 heavy (non-hydrogen) atoms. The number of aliphatic imine (C=N–C) groups is 1. The van der Waals surface area contributed by atoms with Crippen LogP contribution in [0, 0.1) is 0 Å². The summed E-state index contributed by atoms with van der Waals surface area (Å²) in [5.41, 5.74) is 0. The maximum atomic E-state index is 5.49. The van der Waals surface area contributed by atoms with Crippen molar-refractivity contribution in [1.29, 1.82) is 0 Å². The maximum Gasteiger partial charge on any atom is 0.191 e. The van der Waals surface area contributed by atoms with Crippen LogP contribution in [0.3, 0.4) is 0 Å². The fraction of sp³-hybridized carbons (Fsp3) is 0.800. The standard InChI is InChI=1S/C15H27N3OS.HI/c1-3-16-14(18-13-6-4-5-7-13)17-12-15(20-2)8-10-19-11-9-15;/h4-5,13H,3,6-12H2,1-2H3,(H2,16,17,18);1H. The first kappa shape index (κ1) is 19.1. The fourth-order valence-electron chi connectivity index (χ4n) is 2.64. The lowest BCUT2D eigenvalue weighted by Gasteiger charge is -2.34. The van der Waals surface area contributed by atoms with Crippen LogP contribution >= 0.6 is 35.7 Å². The van der Waals surface area contributed by atoms with Gasteiger partial charge in [-0.25, -0.2) is 0 Å². The minimum Gasteiger partial charge on any atom is -0.381 e. The van der Waals surface area contributed by atoms with Gasteiger partial charge in [0.05, 0.1) is 6.54 Å². The van der Waals surface area contributed by atoms with Crippen LogP contribution in [0.25, 0.3) is 0 Å². The van der Waals surface area contributed by atoms with E-state index in [1.54, 1.807) is 0 Å². The first-order valence-corrected chi connectivity index (χ1v) is 8.83. The van der Waals surface area contributed by atoms with E-state index in [1.165, 1.54) is 0 Å². The molecule has 0 amide bonds. The van der Waals surface area contributed by atoms with Crippen LogP contribution in [0.15, 0.2) is 17.1 Å². The zero-order valence-electron chi connectivity index (χ0n) is 13.1. The minimum atomic E-state index is 0. The number of hydrogen-bond donors (Lipinski definition) is 2. The molecule has 6 heteroatoms. The van der Waals surface area contributed by atoms with Gasteiger partial charge in [-0.05, 0) is 38.9 Å². The molecule has 1 saturated heterocycles. The van der Waals surface area contributed by atoms with Crippen molar-refractivity contribution in [2.75, 3.05) is 32.6 Å². The van der Waals surface area contributed by atoms with Gasteiger partial charge in [0.1, 0.15) is 0 Å². The summed E-state index contributed by atoms with van der Waals surface area (Å²) < 4.78 is 5.75. The van der Waals surface area contributed by atoms with Gasteiger partial charge in [0, 0.05) is 30.5 Å². The molecule has 0 saturated carbocycles. The molecule has 0 radical (unpaired) electrons. The average Bonchev–Trinajstić information content (AvgIpc) is 2.99. The van der Waals surface area contributed by atoms with Gasteiger partial charge in [-0.15, -0.1) is 24.0 Å². The second-order valence-corrected chi connectivity index (χ2v) is 6.75. The van der Waals surface area contributed by atoms with Crippen LogP contribution in [0.5, 0.6) is 0 Å². The van der Waals surface area contributed by atoms with Crippen LogP contribution in [0.1, 0.15) is 32.6 Å². The average molecular weight is 425 g/mol. The Hall–Kier alpha value is 0.0500. The molecule has 1 aliphatic carbocycles. The van der Waals surface area contributed by atoms with Gasteiger partial charge < -0.3 is 15.4 Å². The first-order chi connectivity index (χ1) is 9.78. The molecular weight excluding hydrogens is 397 g/mol. The maximum absolute atomic E-state index is 5.49. The quantitative estimate of drug-likeness (QED) is 0.308. The molecule has 4 nitrogen and oxygen atoms in total. The smallest absolute Gasteiger partial charge is 0.191 e. The van der Waals surface area contributed by atoms with Crippen molar-refractivity contribution in [3.05, 3.63) is 12.2 Å². The van der Waals surface area contributed by atoms with Crippen molar-refractivity contribution in [1.82, 2.24) is 10.6 Å². The van der Waals surface area contributed by atoms with Crippen molar-refractivity contribution in [3.63, 3.8) is 0 Å². The summed E-state index contributed by atoms with van der Waals surface area (Å²) in [6.45, 7) is 5.62. The summed E-state index contributed by atoms with van der Waals surface area (Å²) in [4.78, 5) is 4.83. The summed E-state index contributed by atoms with van der Waals surface area (Å²) in [6, 6.07) is 0.507. The number of ether oxygens (including phenoxy) is 1. The Morgan fingerprint density at radius 1 is 1.33 bits per heavy atom. The van der Waals surface area contributed by atoms with Crippen molar-refractivity contribution < 1.29 is 4.74 Å². The summed E-state index contributed by atoms with van der Waals surface area (Å²) in [5.74, 6) is 0.959. The molecule has 0 aromatic heterocycles. The Morgan fingerprint density at radius 3 is 2.57 bits per heavy atom. The van der Waals surface area contributed by atoms with Crippen molar-refractivity contribution >= 4 is 41.7 Å². The molecule has 0 aromatic rings. The van der Waals surface area contributed by atoms with E-state index in [2.05, 4.69) is 36.0 Å². The summed E-state index contributed by atoms with van der Waals surface area (Å²) in [7, 11) is 0. The molecule has 0 bridgehead atoms. The molecule has 1 heterocycles. The third-order valence-electron chi connectivity index (χ3n) is 4.06. The number of guanidine groups is 1. The molecule has 0 spiro atoms. The lowest BCUT2D eigenvalue weighted by Crippen LogP contribution is -2.44. The van der Waals surface area contributed by atoms with Gasteiger partial charge in [-0.1, -0.05) is 12.2 Å². The summed E-state index contributed by atoms with van der Waals surface area (Å²) >= 11 is 1.94. The van der Waals surface area contributed by atoms with Crippen LogP contribution in [-0.4, -0.2) is 49.3 Å². The van der Waals surface area contributed by atoms with Gasteiger partial charge in [0.2, 0.25) is 0 Å². The zero-order chi connectivity index (χ0) is 14.3. The van der Waals surface area contributed by atoms with E-state index in [0.29, 0.717) is 6.04 Å². The van der Waals surface area contributed by atoms with Gasteiger partial charge >= 0.3 is 0 Å². The molecule has 1 fully saturated rings. The number of halogens is 1. The predicted octanol–water partition coefficient (Wildman–Crippen LogP) is 2.79. The van der Waals surface area contributed by atoms with Crippen molar-refractivity contribution in [2.45, 2.75) is 43.4 Å². The lowest BCUT2D eigenvalue weighted by molar-refractivity contribution is 0.0794. The van der Waals surface area contributed by atoms with Crippen LogP contribution < -0.4 is 10.6 Å². The Morgan fingerprint density at radius 2 is 2.00 bits per heavy atom. The van der Waals surface area contributed by atoms with Gasteiger partial charge in [-0.3, -0.25) is 4.99 Å². The second kappa shape index (κ2) is 9.94. The Kier molecular flexibility index (Phi) is 9.04. The molecular formula is C15H28IN3OS. The molecule has 1 aliphatic heterocycles. The van der Waals surface area contributed by atoms with E-state index in [-0.39, 0.29) is 28.7 Å². The Balaban J connectivity index is 0.00000220. The van der Waals surface area contributed by atoms with Gasteiger partial charge in [0.15, 0.2) is 5.96 Å². The van der Waals surface area contributed by atoms with Crippen LogP contribution in [0.4, 0.5) is 0 Å². The van der Waals surface area contributed by atoms with Crippen LogP contribution in [-0.2, 0) is 4.74 Å². The largest absolute Gasteiger partial charge is 0.381 e. The molecule has 0 atom stereocenters. The number of nitrogens with zero attached hydrogens (tertiary/aromatic N) is 1. The summed E-state index contributed by atoms with van der Waals surface area (Å²) in [5, 5.41) is 6.89. The lowest BCUT2D eigenvalue weighted by atomic mass is 9.99. The highest BCUT2D eigenvalue weighted by Gasteiger charge is 2.31. The third-order valence-corrected chi connectivity index (χ3v) is 5.46. The van der Waals surface area contributed by atoms with Gasteiger partial charge in [-0.2, -0.15) is 11.8 Å². The van der Waals surface area contributed by atoms with Crippen molar-refractivity contribution in [2.24, 2.45) is 4.99 Å². The van der Waals surface area contributed by atoms with Crippen LogP contribution in [0.2, 0.25) is 0 Å². The molecule has 0 unspecified atom stereocenters. The van der Waals surface area contributed by atoms with E-state index >= 15 is 0 Å². The molecule has 0 aromatic carbocycles. The number of nitrogens with one attached hydrogen (secondary N) is 2. The van der Waals surface area contributed by atoms with E-state index in [1.807, 2.05) is 11.8 Å². The van der Waals surface area contributed by atoms with E-state index in [4.69, 9.17) is 9.73 Å². The Labute approximate surface area is 150 Å². The highest BCUT2D eigenvalue weighted by molar-refractivity contribution is 14.0.